The Balaban J connectivity index is 1.50. The van der Waals surface area contributed by atoms with Crippen molar-refractivity contribution in [2.45, 2.75) is 0 Å². The summed E-state index contributed by atoms with van der Waals surface area (Å²) < 4.78 is 12.7. The summed E-state index contributed by atoms with van der Waals surface area (Å²) in [5.41, 5.74) is 4.05. The van der Waals surface area contributed by atoms with Crippen LogP contribution in [0.4, 0.5) is 0 Å². The van der Waals surface area contributed by atoms with Gasteiger partial charge < -0.3 is 14.8 Å². The predicted molar refractivity (Wildman–Crippen MR) is 135 cm³/mol. The number of nitrogens with one attached hydrogen (secondary N) is 1. The zero-order valence-electron chi connectivity index (χ0n) is 19.4. The number of benzene rings is 2. The average Bonchev–Trinajstić information content (AvgIpc) is 3.33. The van der Waals surface area contributed by atoms with E-state index in [0.29, 0.717) is 34.4 Å². The normalized spacial score (nSPS) is 14.2. The summed E-state index contributed by atoms with van der Waals surface area (Å²) in [6, 6.07) is 18.7. The van der Waals surface area contributed by atoms with E-state index < -0.39 is 0 Å². The van der Waals surface area contributed by atoms with Gasteiger partial charge in [-0.2, -0.15) is 5.10 Å². The molecule has 1 fully saturated rings. The number of halogens is 1. The summed E-state index contributed by atoms with van der Waals surface area (Å²) in [5, 5.41) is 8.45. The molecule has 1 amide bonds. The minimum Gasteiger partial charge on any atom is -0.496 e. The molecule has 1 saturated heterocycles. The second kappa shape index (κ2) is 10.4. The number of para-hydroxylation sites is 1. The lowest BCUT2D eigenvalue weighted by Crippen LogP contribution is -2.41. The molecule has 2 aromatic heterocycles. The molecule has 1 aliphatic heterocycles. The second-order valence-corrected chi connectivity index (χ2v) is 8.68. The van der Waals surface area contributed by atoms with Gasteiger partial charge in [-0.25, -0.2) is 9.50 Å². The first-order chi connectivity index (χ1) is 17.1. The van der Waals surface area contributed by atoms with Crippen LogP contribution in [-0.2, 0) is 4.74 Å². The Kier molecular flexibility index (Phi) is 6.94. The van der Waals surface area contributed by atoms with Gasteiger partial charge in [-0.05, 0) is 30.3 Å². The molecule has 2 aromatic carbocycles. The van der Waals surface area contributed by atoms with E-state index in [1.54, 1.807) is 17.7 Å². The fraction of sp³-hybridized carbons (Fsp3) is 0.269. The maximum absolute atomic E-state index is 13.1. The molecule has 1 aliphatic rings. The van der Waals surface area contributed by atoms with E-state index in [4.69, 9.17) is 26.2 Å². The van der Waals surface area contributed by atoms with E-state index in [2.05, 4.69) is 15.2 Å². The van der Waals surface area contributed by atoms with Gasteiger partial charge in [-0.15, -0.1) is 0 Å². The lowest BCUT2D eigenvalue weighted by Gasteiger charge is -2.26. The van der Waals surface area contributed by atoms with Crippen molar-refractivity contribution in [3.05, 3.63) is 71.4 Å². The van der Waals surface area contributed by atoms with Crippen molar-refractivity contribution in [2.24, 2.45) is 0 Å². The van der Waals surface area contributed by atoms with Gasteiger partial charge in [0.1, 0.15) is 11.4 Å². The molecule has 0 atom stereocenters. The fourth-order valence-electron chi connectivity index (χ4n) is 4.14. The quantitative estimate of drug-likeness (QED) is 0.423. The van der Waals surface area contributed by atoms with Crippen LogP contribution in [0.5, 0.6) is 5.75 Å². The van der Waals surface area contributed by atoms with Crippen LogP contribution in [0.15, 0.2) is 60.7 Å². The van der Waals surface area contributed by atoms with Crippen LogP contribution in [0.1, 0.15) is 10.5 Å². The van der Waals surface area contributed by atoms with Crippen LogP contribution in [0, 0.1) is 0 Å². The number of amides is 1. The molecule has 1 N–H and O–H groups in total. The lowest BCUT2D eigenvalue weighted by atomic mass is 10.1. The van der Waals surface area contributed by atoms with Crippen molar-refractivity contribution in [3.8, 4) is 28.3 Å². The van der Waals surface area contributed by atoms with Gasteiger partial charge in [0.15, 0.2) is 5.65 Å². The Hall–Kier alpha value is -3.46. The molecule has 0 aliphatic carbocycles. The van der Waals surface area contributed by atoms with Gasteiger partial charge in [-0.3, -0.25) is 9.69 Å². The molecule has 8 nitrogen and oxygen atoms in total. The molecular weight excluding hydrogens is 466 g/mol. The van der Waals surface area contributed by atoms with E-state index >= 15 is 0 Å². The highest BCUT2D eigenvalue weighted by atomic mass is 35.5. The maximum atomic E-state index is 13.1. The van der Waals surface area contributed by atoms with E-state index in [0.717, 1.165) is 49.7 Å². The standard InChI is InChI=1S/C26H26ClN5O3/c1-34-24-5-3-2-4-20(24)23-16-22(26(33)28-10-11-31-12-14-35-15-13-31)29-25-17-21(30-32(23)25)18-6-8-19(27)9-7-18/h2-9,16-17H,10-15H2,1H3,(H,28,33). The third-order valence-corrected chi connectivity index (χ3v) is 6.25. The molecule has 35 heavy (non-hydrogen) atoms. The summed E-state index contributed by atoms with van der Waals surface area (Å²) >= 11 is 6.06. The second-order valence-electron chi connectivity index (χ2n) is 8.24. The van der Waals surface area contributed by atoms with E-state index in [-0.39, 0.29) is 5.91 Å². The highest BCUT2D eigenvalue weighted by Crippen LogP contribution is 2.31. The van der Waals surface area contributed by atoms with Crippen molar-refractivity contribution in [2.75, 3.05) is 46.5 Å². The molecule has 0 spiro atoms. The van der Waals surface area contributed by atoms with E-state index in [9.17, 15) is 4.79 Å². The molecule has 0 unspecified atom stereocenters. The SMILES string of the molecule is COc1ccccc1-c1cc(C(=O)NCCN2CCOCC2)nc2cc(-c3ccc(Cl)cc3)nn12. The third kappa shape index (κ3) is 5.14. The summed E-state index contributed by atoms with van der Waals surface area (Å²) in [7, 11) is 1.62. The first kappa shape index (κ1) is 23.3. The third-order valence-electron chi connectivity index (χ3n) is 6.00. The van der Waals surface area contributed by atoms with E-state index in [1.165, 1.54) is 0 Å². The van der Waals surface area contributed by atoms with Gasteiger partial charge in [0.2, 0.25) is 0 Å². The molecule has 3 heterocycles. The number of hydrogen-bond acceptors (Lipinski definition) is 6. The van der Waals surface area contributed by atoms with Gasteiger partial charge >= 0.3 is 0 Å². The molecular formula is C26H26ClN5O3. The Morgan fingerprint density at radius 3 is 2.66 bits per heavy atom. The van der Waals surface area contributed by atoms with Crippen LogP contribution in [-0.4, -0.2) is 71.9 Å². The fourth-order valence-corrected chi connectivity index (χ4v) is 4.27. The summed E-state index contributed by atoms with van der Waals surface area (Å²) in [5.74, 6) is 0.452. The minimum atomic E-state index is -0.230. The highest BCUT2D eigenvalue weighted by Gasteiger charge is 2.19. The topological polar surface area (TPSA) is 81.0 Å². The summed E-state index contributed by atoms with van der Waals surface area (Å²) in [6.45, 7) is 4.51. The number of carbonyl (C=O) groups excluding carboxylic acids is 1. The minimum absolute atomic E-state index is 0.230. The van der Waals surface area contributed by atoms with Crippen LogP contribution in [0.25, 0.3) is 28.2 Å². The van der Waals surface area contributed by atoms with Crippen molar-refractivity contribution in [1.29, 1.82) is 0 Å². The monoisotopic (exact) mass is 491 g/mol. The number of carbonyl (C=O) groups is 1. The zero-order valence-corrected chi connectivity index (χ0v) is 20.2. The maximum Gasteiger partial charge on any atom is 0.270 e. The number of nitrogens with zero attached hydrogens (tertiary/aromatic N) is 4. The number of aromatic nitrogens is 3. The first-order valence-electron chi connectivity index (χ1n) is 11.5. The predicted octanol–water partition coefficient (Wildman–Crippen LogP) is 3.79. The Morgan fingerprint density at radius 1 is 1.11 bits per heavy atom. The van der Waals surface area contributed by atoms with Crippen molar-refractivity contribution in [1.82, 2.24) is 24.8 Å². The molecule has 0 bridgehead atoms. The van der Waals surface area contributed by atoms with Crippen molar-refractivity contribution < 1.29 is 14.3 Å². The van der Waals surface area contributed by atoms with E-state index in [1.807, 2.05) is 54.6 Å². The number of hydrogen-bond donors (Lipinski definition) is 1. The van der Waals surface area contributed by atoms with Gasteiger partial charge in [0.05, 0.1) is 31.7 Å². The molecule has 0 radical (unpaired) electrons. The van der Waals surface area contributed by atoms with Gasteiger partial charge in [0, 0.05) is 48.4 Å². The number of fused-ring (bicyclic) bond motifs is 1. The first-order valence-corrected chi connectivity index (χ1v) is 11.9. The number of methoxy groups -OCH3 is 1. The lowest BCUT2D eigenvalue weighted by molar-refractivity contribution is 0.0383. The Bertz CT molecular complexity index is 1330. The number of morpholine rings is 1. The highest BCUT2D eigenvalue weighted by molar-refractivity contribution is 6.30. The summed E-state index contributed by atoms with van der Waals surface area (Å²) in [4.78, 5) is 20.0. The van der Waals surface area contributed by atoms with Gasteiger partial charge in [-0.1, -0.05) is 35.9 Å². The average molecular weight is 492 g/mol. The molecule has 180 valence electrons. The molecule has 5 rings (SSSR count). The Labute approximate surface area is 208 Å². The molecule has 4 aromatic rings. The molecule has 9 heteroatoms. The number of rotatable bonds is 7. The zero-order chi connectivity index (χ0) is 24.2. The number of ether oxygens (including phenoxy) is 2. The van der Waals surface area contributed by atoms with Crippen LogP contribution < -0.4 is 10.1 Å². The van der Waals surface area contributed by atoms with Gasteiger partial charge in [0.25, 0.3) is 5.91 Å². The largest absolute Gasteiger partial charge is 0.496 e. The van der Waals surface area contributed by atoms with Crippen LogP contribution >= 0.6 is 11.6 Å². The molecule has 0 saturated carbocycles. The Morgan fingerprint density at radius 2 is 1.89 bits per heavy atom. The van der Waals surface area contributed by atoms with Crippen molar-refractivity contribution >= 4 is 23.2 Å². The smallest absolute Gasteiger partial charge is 0.270 e. The van der Waals surface area contributed by atoms with Crippen LogP contribution in [0.2, 0.25) is 5.02 Å². The van der Waals surface area contributed by atoms with Crippen molar-refractivity contribution in [3.63, 3.8) is 0 Å². The summed E-state index contributed by atoms with van der Waals surface area (Å²) in [6.07, 6.45) is 0. The van der Waals surface area contributed by atoms with Crippen LogP contribution in [0.3, 0.4) is 0 Å².